The molecule has 18 N–H and O–H groups in total. The molecule has 3 aromatic rings. The molecule has 1 unspecified atom stereocenters. The Hall–Kier alpha value is -8.50. The van der Waals surface area contributed by atoms with E-state index < -0.39 is 158 Å². The van der Waals surface area contributed by atoms with E-state index in [9.17, 15) is 73.2 Å². The number of unbranched alkanes of at least 4 members (excludes halogenated alkanes) is 1. The SMILES string of the molecule is CCC(C)[C@H](NC(=O)[C@@H](NC(=O)CN)C(C)C)C(=O)N[C@@H](Cc1ccccc1)C(=O)N[C@@H](Cc1ccc(O)cc1)C(=O)N[C@@H](CCC(=O)O)C(=O)N[C@@H](CO)C(=O)N[C@@H](Cc1cnc[nH]1)C(=O)NCC(=O)N[C@@H](CCCCN)C(=O)O. The second-order valence-corrected chi connectivity index (χ2v) is 19.6. The predicted octanol–water partition coefficient (Wildman–Crippen LogP) is -3.13. The number of aliphatic hydroxyl groups excluding tert-OH is 1. The van der Waals surface area contributed by atoms with Gasteiger partial charge in [-0.25, -0.2) is 9.78 Å². The maximum Gasteiger partial charge on any atom is 0.326 e. The van der Waals surface area contributed by atoms with Crippen LogP contribution in [0.25, 0.3) is 0 Å². The number of aromatic hydroxyl groups is 1. The van der Waals surface area contributed by atoms with Crippen LogP contribution in [0.3, 0.4) is 0 Å². The van der Waals surface area contributed by atoms with Gasteiger partial charge in [-0.05, 0) is 67.3 Å². The Morgan fingerprint density at radius 3 is 1.65 bits per heavy atom. The van der Waals surface area contributed by atoms with Crippen LogP contribution >= 0.6 is 0 Å². The number of carbonyl (C=O) groups excluding carboxylic acids is 9. The largest absolute Gasteiger partial charge is 0.508 e. The average Bonchev–Trinajstić information content (AvgIpc) is 3.96. The zero-order valence-electron chi connectivity index (χ0n) is 45.7. The lowest BCUT2D eigenvalue weighted by atomic mass is 9.95. The maximum absolute atomic E-state index is 14.6. The van der Waals surface area contributed by atoms with Crippen LogP contribution in [0.15, 0.2) is 67.1 Å². The van der Waals surface area contributed by atoms with Crippen molar-refractivity contribution in [1.29, 1.82) is 0 Å². The number of amides is 9. The van der Waals surface area contributed by atoms with Crippen LogP contribution in [0.4, 0.5) is 0 Å². The molecule has 9 amide bonds. The smallest absolute Gasteiger partial charge is 0.326 e. The van der Waals surface area contributed by atoms with Gasteiger partial charge in [0, 0.05) is 37.6 Å². The van der Waals surface area contributed by atoms with Gasteiger partial charge in [0.25, 0.3) is 0 Å². The second-order valence-electron chi connectivity index (χ2n) is 19.6. The summed E-state index contributed by atoms with van der Waals surface area (Å²) in [5, 5.41) is 62.0. The Morgan fingerprint density at radius 2 is 1.12 bits per heavy atom. The van der Waals surface area contributed by atoms with Gasteiger partial charge in [-0.2, -0.15) is 0 Å². The van der Waals surface area contributed by atoms with Gasteiger partial charge in [0.1, 0.15) is 54.1 Å². The molecule has 28 nitrogen and oxygen atoms in total. The number of benzene rings is 2. The number of phenols is 1. The number of aliphatic hydroxyl groups is 1. The van der Waals surface area contributed by atoms with Crippen molar-refractivity contribution in [3.63, 3.8) is 0 Å². The van der Waals surface area contributed by atoms with Gasteiger partial charge in [0.2, 0.25) is 53.2 Å². The van der Waals surface area contributed by atoms with Crippen molar-refractivity contribution in [2.45, 2.75) is 134 Å². The van der Waals surface area contributed by atoms with Crippen LogP contribution in [-0.4, -0.2) is 170 Å². The number of nitrogens with zero attached hydrogens (tertiary/aromatic N) is 1. The van der Waals surface area contributed by atoms with E-state index in [0.29, 0.717) is 42.6 Å². The number of hydrogen-bond donors (Lipinski definition) is 16. The Kier molecular flexibility index (Phi) is 28.4. The fraction of sp³-hybridized carbons (Fsp3) is 0.509. The number of carboxylic acids is 2. The Bertz CT molecular complexity index is 2570. The molecule has 1 heterocycles. The maximum atomic E-state index is 14.6. The molecule has 81 heavy (non-hydrogen) atoms. The molecule has 0 aliphatic heterocycles. The molecule has 9 atom stereocenters. The van der Waals surface area contributed by atoms with E-state index in [2.05, 4.69) is 57.8 Å². The summed E-state index contributed by atoms with van der Waals surface area (Å²) >= 11 is 0. The van der Waals surface area contributed by atoms with Crippen LogP contribution in [0.1, 0.15) is 83.0 Å². The minimum atomic E-state index is -1.85. The van der Waals surface area contributed by atoms with E-state index in [1.807, 2.05) is 0 Å². The lowest BCUT2D eigenvalue weighted by molar-refractivity contribution is -0.142. The summed E-state index contributed by atoms with van der Waals surface area (Å²) in [6.07, 6.45) is 1.92. The highest BCUT2D eigenvalue weighted by Gasteiger charge is 2.36. The first-order valence-electron chi connectivity index (χ1n) is 26.4. The van der Waals surface area contributed by atoms with Crippen LogP contribution in [0, 0.1) is 11.8 Å². The normalized spacial score (nSPS) is 14.4. The number of imidazole rings is 1. The molecule has 2 aromatic carbocycles. The Morgan fingerprint density at radius 1 is 0.580 bits per heavy atom. The van der Waals surface area contributed by atoms with Gasteiger partial charge < -0.3 is 84.7 Å². The number of carboxylic acid groups (broad SMARTS) is 2. The monoisotopic (exact) mass is 1140 g/mol. The van der Waals surface area contributed by atoms with Crippen molar-refractivity contribution in [1.82, 2.24) is 57.8 Å². The molecule has 0 radical (unpaired) electrons. The first-order valence-corrected chi connectivity index (χ1v) is 26.4. The molecule has 0 aliphatic rings. The van der Waals surface area contributed by atoms with Gasteiger partial charge >= 0.3 is 11.9 Å². The summed E-state index contributed by atoms with van der Waals surface area (Å²) in [6, 6.07) is 2.21. The van der Waals surface area contributed by atoms with Crippen molar-refractivity contribution >= 4 is 65.1 Å². The van der Waals surface area contributed by atoms with Crippen molar-refractivity contribution < 1.29 is 73.2 Å². The van der Waals surface area contributed by atoms with E-state index in [1.165, 1.54) is 36.8 Å². The Labute approximate surface area is 467 Å². The van der Waals surface area contributed by atoms with Crippen molar-refractivity contribution in [2.75, 3.05) is 26.2 Å². The summed E-state index contributed by atoms with van der Waals surface area (Å²) in [7, 11) is 0. The highest BCUT2D eigenvalue weighted by Crippen LogP contribution is 2.15. The fourth-order valence-corrected chi connectivity index (χ4v) is 8.04. The minimum Gasteiger partial charge on any atom is -0.508 e. The summed E-state index contributed by atoms with van der Waals surface area (Å²) in [5.74, 6) is -12.0. The lowest BCUT2D eigenvalue weighted by Gasteiger charge is -2.30. The predicted molar refractivity (Wildman–Crippen MR) is 291 cm³/mol. The fourth-order valence-electron chi connectivity index (χ4n) is 8.04. The third-order valence-corrected chi connectivity index (χ3v) is 12.9. The molecule has 0 saturated carbocycles. The molecular weight excluding hydrogens is 1060 g/mol. The molecule has 3 rings (SSSR count). The first kappa shape index (κ1) is 66.8. The van der Waals surface area contributed by atoms with E-state index in [0.717, 1.165) is 0 Å². The third kappa shape index (κ3) is 23.4. The van der Waals surface area contributed by atoms with Crippen LogP contribution in [0.2, 0.25) is 0 Å². The van der Waals surface area contributed by atoms with Crippen LogP contribution in [0.5, 0.6) is 5.75 Å². The van der Waals surface area contributed by atoms with Gasteiger partial charge in [0.05, 0.1) is 26.0 Å². The summed E-state index contributed by atoms with van der Waals surface area (Å²) in [6.45, 7) is 4.94. The molecule has 0 aliphatic carbocycles. The number of aromatic amines is 1. The molecule has 0 spiro atoms. The quantitative estimate of drug-likeness (QED) is 0.0256. The molecule has 444 valence electrons. The molecular formula is C53H77N13O15. The van der Waals surface area contributed by atoms with Gasteiger partial charge in [-0.1, -0.05) is 76.6 Å². The van der Waals surface area contributed by atoms with E-state index in [1.54, 1.807) is 58.0 Å². The topological polar surface area (TPSA) is 458 Å². The average molecular weight is 1140 g/mol. The molecule has 1 aromatic heterocycles. The van der Waals surface area contributed by atoms with Gasteiger partial charge in [-0.15, -0.1) is 0 Å². The standard InChI is InChI=1S/C53H77N13O15/c1-5-30(4)45(66-51(78)44(29(2)3)65-41(69)24-55)52(79)63-38(21-31-11-7-6-8-12-31)49(76)61-37(22-32-14-16-34(68)17-15-32)48(75)60-35(18-19-43(71)72)47(74)64-40(27-67)50(77)62-39(23-33-25-56-28-58-33)46(73)57-26-42(70)59-36(53(80)81)13-9-10-20-54/h6-8,11-12,14-17,25,28-30,35-40,44-45,67-68H,5,9-10,13,18-24,26-27,54-55H2,1-4H3,(H,56,58)(H,57,73)(H,59,70)(H,60,75)(H,61,76)(H,62,77)(H,63,79)(H,64,74)(H,65,69)(H,66,78)(H,71,72)(H,80,81)/t30?,35-,36-,37-,38-,39-,40-,44-,45-/m0/s1. The molecule has 0 bridgehead atoms. The number of aliphatic carboxylic acids is 2. The number of nitrogens with two attached hydrogens (primary N) is 2. The Balaban J connectivity index is 1.93. The molecule has 0 saturated heterocycles. The summed E-state index contributed by atoms with van der Waals surface area (Å²) in [5.41, 5.74) is 12.2. The second kappa shape index (κ2) is 34.5. The van der Waals surface area contributed by atoms with Crippen LogP contribution in [-0.2, 0) is 72.0 Å². The number of carbonyl (C=O) groups is 11. The highest BCUT2D eigenvalue weighted by molar-refractivity contribution is 5.98. The number of phenolic OH excluding ortho intramolecular Hbond substituents is 1. The number of aromatic nitrogens is 2. The van der Waals surface area contributed by atoms with E-state index in [4.69, 9.17) is 11.5 Å². The number of hydrogen-bond acceptors (Lipinski definition) is 16. The number of H-pyrrole nitrogens is 1. The summed E-state index contributed by atoms with van der Waals surface area (Å²) < 4.78 is 0. The van der Waals surface area contributed by atoms with Gasteiger partial charge in [-0.3, -0.25) is 47.9 Å². The third-order valence-electron chi connectivity index (χ3n) is 12.9. The molecule has 0 fully saturated rings. The highest BCUT2D eigenvalue weighted by atomic mass is 16.4. The van der Waals surface area contributed by atoms with Gasteiger partial charge in [0.15, 0.2) is 0 Å². The van der Waals surface area contributed by atoms with E-state index in [-0.39, 0.29) is 31.4 Å². The van der Waals surface area contributed by atoms with Crippen molar-refractivity contribution in [3.05, 3.63) is 83.9 Å². The lowest BCUT2D eigenvalue weighted by Crippen LogP contribution is -2.62. The van der Waals surface area contributed by atoms with E-state index >= 15 is 0 Å². The molecule has 28 heteroatoms. The van der Waals surface area contributed by atoms with Crippen LogP contribution < -0.4 is 59.3 Å². The first-order chi connectivity index (χ1) is 38.5. The minimum absolute atomic E-state index is 0.0678. The summed E-state index contributed by atoms with van der Waals surface area (Å²) in [4.78, 5) is 154. The number of nitrogens with one attached hydrogen (secondary N) is 10. The van der Waals surface area contributed by atoms with Crippen molar-refractivity contribution in [3.8, 4) is 5.75 Å². The zero-order chi connectivity index (χ0) is 60.2. The van der Waals surface area contributed by atoms with Crippen molar-refractivity contribution in [2.24, 2.45) is 23.3 Å². The number of rotatable bonds is 36. The zero-order valence-corrected chi connectivity index (χ0v) is 45.7.